The summed E-state index contributed by atoms with van der Waals surface area (Å²) in [6.07, 6.45) is 0. The maximum atomic E-state index is 13.6. The number of carboxylic acid groups (broad SMARTS) is 1. The number of rotatable bonds is 4. The van der Waals surface area contributed by atoms with E-state index in [0.717, 1.165) is 0 Å². The molecular formula is C10H8F2N4O4S. The molecule has 0 radical (unpaired) electrons. The van der Waals surface area contributed by atoms with E-state index in [1.807, 2.05) is 4.72 Å². The Kier molecular flexibility index (Phi) is 3.60. The summed E-state index contributed by atoms with van der Waals surface area (Å²) >= 11 is 0. The third-order valence-electron chi connectivity index (χ3n) is 2.35. The SMILES string of the molecule is Cc1nc(NS(=O)(=O)c2cc(C(=O)O)cc(F)c2F)n[nH]1. The summed E-state index contributed by atoms with van der Waals surface area (Å²) in [5.74, 6) is -4.98. The standard InChI is InChI=1S/C10H8F2N4O4S/c1-4-13-10(15-14-4)16-21(19,20)7-3-5(9(17)18)2-6(11)8(7)12/h2-3H,1H3,(H,17,18)(H2,13,14,15,16). The van der Waals surface area contributed by atoms with Crippen LogP contribution in [0.5, 0.6) is 0 Å². The zero-order valence-corrected chi connectivity index (χ0v) is 11.2. The molecule has 0 amide bonds. The molecule has 0 saturated heterocycles. The van der Waals surface area contributed by atoms with Crippen molar-refractivity contribution in [1.82, 2.24) is 15.2 Å². The first-order valence-corrected chi connectivity index (χ1v) is 6.83. The average molecular weight is 318 g/mol. The van der Waals surface area contributed by atoms with Crippen molar-refractivity contribution in [2.75, 3.05) is 4.72 Å². The largest absolute Gasteiger partial charge is 0.478 e. The van der Waals surface area contributed by atoms with Gasteiger partial charge in [-0.1, -0.05) is 0 Å². The van der Waals surface area contributed by atoms with Crippen LogP contribution in [0.15, 0.2) is 17.0 Å². The topological polar surface area (TPSA) is 125 Å². The van der Waals surface area contributed by atoms with Gasteiger partial charge in [-0.3, -0.25) is 5.10 Å². The van der Waals surface area contributed by atoms with Crippen molar-refractivity contribution in [3.8, 4) is 0 Å². The molecule has 2 aromatic rings. The minimum absolute atomic E-state index is 0.290. The zero-order chi connectivity index (χ0) is 15.8. The van der Waals surface area contributed by atoms with E-state index in [9.17, 15) is 22.0 Å². The molecule has 3 N–H and O–H groups in total. The van der Waals surface area contributed by atoms with Gasteiger partial charge in [-0.2, -0.15) is 4.98 Å². The summed E-state index contributed by atoms with van der Waals surface area (Å²) in [5, 5.41) is 14.6. The molecular weight excluding hydrogens is 310 g/mol. The first-order chi connectivity index (χ1) is 9.70. The van der Waals surface area contributed by atoms with E-state index in [2.05, 4.69) is 15.2 Å². The van der Waals surface area contributed by atoms with Gasteiger partial charge in [0.1, 0.15) is 10.7 Å². The Morgan fingerprint density at radius 3 is 2.57 bits per heavy atom. The van der Waals surface area contributed by atoms with Gasteiger partial charge in [-0.15, -0.1) is 5.10 Å². The van der Waals surface area contributed by atoms with E-state index in [1.165, 1.54) is 6.92 Å². The van der Waals surface area contributed by atoms with Crippen LogP contribution in [0.2, 0.25) is 0 Å². The molecule has 2 rings (SSSR count). The lowest BCUT2D eigenvalue weighted by Crippen LogP contribution is -2.17. The minimum Gasteiger partial charge on any atom is -0.478 e. The predicted molar refractivity (Wildman–Crippen MR) is 65.2 cm³/mol. The summed E-state index contributed by atoms with van der Waals surface area (Å²) in [6.45, 7) is 1.50. The van der Waals surface area contributed by atoms with Crippen molar-refractivity contribution >= 4 is 21.9 Å². The molecule has 1 aromatic heterocycles. The molecule has 0 aliphatic heterocycles. The number of aryl methyl sites for hydroxylation is 1. The maximum Gasteiger partial charge on any atom is 0.335 e. The van der Waals surface area contributed by atoms with Gasteiger partial charge in [-0.25, -0.2) is 26.7 Å². The van der Waals surface area contributed by atoms with Crippen molar-refractivity contribution in [3.63, 3.8) is 0 Å². The molecule has 11 heteroatoms. The molecule has 0 spiro atoms. The number of carboxylic acids is 1. The molecule has 0 bridgehead atoms. The molecule has 112 valence electrons. The number of sulfonamides is 1. The van der Waals surface area contributed by atoms with Gasteiger partial charge in [0, 0.05) is 0 Å². The maximum absolute atomic E-state index is 13.6. The minimum atomic E-state index is -4.58. The smallest absolute Gasteiger partial charge is 0.335 e. The lowest BCUT2D eigenvalue weighted by molar-refractivity contribution is 0.0696. The molecule has 0 aliphatic rings. The number of aromatic carboxylic acids is 1. The van der Waals surface area contributed by atoms with Gasteiger partial charge in [0.15, 0.2) is 11.6 Å². The third kappa shape index (κ3) is 2.97. The second-order valence-corrected chi connectivity index (χ2v) is 5.58. The predicted octanol–water partition coefficient (Wildman–Crippen LogP) is 0.890. The van der Waals surface area contributed by atoms with Gasteiger partial charge >= 0.3 is 5.97 Å². The van der Waals surface area contributed by atoms with Crippen molar-refractivity contribution < 1.29 is 27.1 Å². The Labute approximate surface area is 116 Å². The van der Waals surface area contributed by atoms with E-state index in [0.29, 0.717) is 18.0 Å². The summed E-state index contributed by atoms with van der Waals surface area (Å²) in [5.41, 5.74) is -0.708. The quantitative estimate of drug-likeness (QED) is 0.769. The van der Waals surface area contributed by atoms with E-state index in [-0.39, 0.29) is 5.95 Å². The lowest BCUT2D eigenvalue weighted by Gasteiger charge is -2.07. The number of nitrogens with one attached hydrogen (secondary N) is 2. The van der Waals surface area contributed by atoms with E-state index in [4.69, 9.17) is 5.11 Å². The van der Waals surface area contributed by atoms with Crippen LogP contribution in [0.3, 0.4) is 0 Å². The Hall–Kier alpha value is -2.56. The molecule has 1 aromatic carbocycles. The first-order valence-electron chi connectivity index (χ1n) is 5.35. The second-order valence-electron chi connectivity index (χ2n) is 3.93. The van der Waals surface area contributed by atoms with Crippen molar-refractivity contribution in [2.45, 2.75) is 11.8 Å². The highest BCUT2D eigenvalue weighted by atomic mass is 32.2. The summed E-state index contributed by atoms with van der Waals surface area (Å²) in [7, 11) is -4.58. The number of halogens is 2. The Morgan fingerprint density at radius 1 is 1.38 bits per heavy atom. The fraction of sp³-hybridized carbons (Fsp3) is 0.100. The van der Waals surface area contributed by atoms with Crippen LogP contribution in [-0.2, 0) is 10.0 Å². The highest BCUT2D eigenvalue weighted by molar-refractivity contribution is 7.92. The molecule has 8 nitrogen and oxygen atoms in total. The zero-order valence-electron chi connectivity index (χ0n) is 10.4. The normalized spacial score (nSPS) is 11.4. The highest BCUT2D eigenvalue weighted by Crippen LogP contribution is 2.21. The van der Waals surface area contributed by atoms with Crippen LogP contribution in [0.4, 0.5) is 14.7 Å². The Bertz CT molecular complexity index is 818. The average Bonchev–Trinajstić information content (AvgIpc) is 2.76. The fourth-order valence-corrected chi connectivity index (χ4v) is 2.50. The molecule has 0 atom stereocenters. The third-order valence-corrected chi connectivity index (χ3v) is 3.68. The van der Waals surface area contributed by atoms with Crippen LogP contribution < -0.4 is 4.72 Å². The molecule has 0 saturated carbocycles. The van der Waals surface area contributed by atoms with Crippen molar-refractivity contribution in [2.24, 2.45) is 0 Å². The Morgan fingerprint density at radius 2 is 2.05 bits per heavy atom. The van der Waals surface area contributed by atoms with Gasteiger partial charge in [-0.05, 0) is 19.1 Å². The number of aromatic amines is 1. The Balaban J connectivity index is 2.51. The number of aromatic nitrogens is 3. The molecule has 0 aliphatic carbocycles. The highest BCUT2D eigenvalue weighted by Gasteiger charge is 2.25. The second kappa shape index (κ2) is 5.09. The first kappa shape index (κ1) is 14.8. The van der Waals surface area contributed by atoms with Crippen LogP contribution in [0, 0.1) is 18.6 Å². The van der Waals surface area contributed by atoms with Gasteiger partial charge in [0.25, 0.3) is 16.0 Å². The van der Waals surface area contributed by atoms with Gasteiger partial charge in [0.2, 0.25) is 0 Å². The molecule has 0 unspecified atom stereocenters. The van der Waals surface area contributed by atoms with Gasteiger partial charge in [0.05, 0.1) is 5.56 Å². The van der Waals surface area contributed by atoms with Crippen LogP contribution in [-0.4, -0.2) is 34.7 Å². The number of anilines is 1. The van der Waals surface area contributed by atoms with E-state index in [1.54, 1.807) is 0 Å². The van der Waals surface area contributed by atoms with Crippen LogP contribution in [0.1, 0.15) is 16.2 Å². The summed E-state index contributed by atoms with van der Waals surface area (Å²) < 4.78 is 52.6. The molecule has 21 heavy (non-hydrogen) atoms. The fourth-order valence-electron chi connectivity index (χ4n) is 1.45. The number of H-pyrrole nitrogens is 1. The number of nitrogens with zero attached hydrogens (tertiary/aromatic N) is 2. The van der Waals surface area contributed by atoms with Crippen molar-refractivity contribution in [3.05, 3.63) is 35.2 Å². The van der Waals surface area contributed by atoms with E-state index < -0.39 is 38.1 Å². The number of carbonyl (C=O) groups is 1. The lowest BCUT2D eigenvalue weighted by atomic mass is 10.2. The summed E-state index contributed by atoms with van der Waals surface area (Å²) in [6, 6.07) is 0.885. The number of hydrogen-bond donors (Lipinski definition) is 3. The van der Waals surface area contributed by atoms with Crippen molar-refractivity contribution in [1.29, 1.82) is 0 Å². The number of hydrogen-bond acceptors (Lipinski definition) is 5. The van der Waals surface area contributed by atoms with Crippen LogP contribution >= 0.6 is 0 Å². The van der Waals surface area contributed by atoms with Gasteiger partial charge < -0.3 is 5.11 Å². The molecule has 1 heterocycles. The monoisotopic (exact) mass is 318 g/mol. The molecule has 0 fully saturated rings. The summed E-state index contributed by atoms with van der Waals surface area (Å²) in [4.78, 5) is 13.3. The van der Waals surface area contributed by atoms with Crippen LogP contribution in [0.25, 0.3) is 0 Å². The van der Waals surface area contributed by atoms with E-state index >= 15 is 0 Å². The number of benzene rings is 1.